The molecule has 5 heteroatoms. The monoisotopic (exact) mass is 656 g/mol. The van der Waals surface area contributed by atoms with E-state index in [2.05, 4.69) is 67.4 Å². The number of rotatable bonds is 30. The zero-order chi connectivity index (χ0) is 34.0. The first-order chi connectivity index (χ1) is 23.1. The maximum atomic E-state index is 12.6. The molecule has 1 rings (SSSR count). The lowest BCUT2D eigenvalue weighted by Gasteiger charge is -2.35. The highest BCUT2D eigenvalue weighted by molar-refractivity contribution is 5.70. The molecule has 1 fully saturated rings. The molecule has 1 aliphatic rings. The van der Waals surface area contributed by atoms with Gasteiger partial charge in [-0.2, -0.15) is 0 Å². The molecule has 47 heavy (non-hydrogen) atoms. The SMILES string of the molecule is CCCCC/C=C\C/C=C\CCCCCCCC(=O)O[C@H]1CCN(C)C[C@@H]1OC(=O)CCCCCCC/C=C\C/C=C\CCCCC. The summed E-state index contributed by atoms with van der Waals surface area (Å²) in [6, 6.07) is 0. The van der Waals surface area contributed by atoms with Crippen LogP contribution < -0.4 is 0 Å². The number of ether oxygens (including phenoxy) is 2. The van der Waals surface area contributed by atoms with E-state index in [0.29, 0.717) is 25.8 Å². The molecule has 270 valence electrons. The Labute approximate surface area is 290 Å². The second-order valence-electron chi connectivity index (χ2n) is 13.6. The van der Waals surface area contributed by atoms with E-state index in [0.717, 1.165) is 70.8 Å². The van der Waals surface area contributed by atoms with Gasteiger partial charge in [-0.25, -0.2) is 0 Å². The highest BCUT2D eigenvalue weighted by atomic mass is 16.6. The summed E-state index contributed by atoms with van der Waals surface area (Å²) >= 11 is 0. The molecule has 0 bridgehead atoms. The number of likely N-dealkylation sites (tertiary alicyclic amines) is 1. The van der Waals surface area contributed by atoms with Crippen LogP contribution in [0.25, 0.3) is 0 Å². The number of nitrogens with zero attached hydrogens (tertiary/aromatic N) is 1. The Morgan fingerprint density at radius 2 is 0.915 bits per heavy atom. The minimum atomic E-state index is -0.368. The molecule has 0 unspecified atom stereocenters. The minimum absolute atomic E-state index is 0.153. The molecule has 0 spiro atoms. The van der Waals surface area contributed by atoms with Crippen LogP contribution >= 0.6 is 0 Å². The highest BCUT2D eigenvalue weighted by Gasteiger charge is 2.33. The van der Waals surface area contributed by atoms with E-state index < -0.39 is 0 Å². The molecule has 0 saturated carbocycles. The number of unbranched alkanes of at least 4 members (excludes halogenated alkanes) is 16. The number of carbonyl (C=O) groups is 2. The average molecular weight is 656 g/mol. The Kier molecular flexibility index (Phi) is 29.6. The summed E-state index contributed by atoms with van der Waals surface area (Å²) in [5.41, 5.74) is 0. The van der Waals surface area contributed by atoms with Crippen molar-refractivity contribution < 1.29 is 19.1 Å². The van der Waals surface area contributed by atoms with Crippen molar-refractivity contribution in [3.05, 3.63) is 48.6 Å². The molecule has 5 nitrogen and oxygen atoms in total. The molecule has 1 aliphatic heterocycles. The summed E-state index contributed by atoms with van der Waals surface area (Å²) in [7, 11) is 2.03. The molecule has 0 aromatic heterocycles. The summed E-state index contributed by atoms with van der Waals surface area (Å²) in [4.78, 5) is 27.4. The number of likely N-dealkylation sites (N-methyl/N-ethyl adjacent to an activating group) is 1. The maximum absolute atomic E-state index is 12.6. The number of hydrogen-bond acceptors (Lipinski definition) is 5. The van der Waals surface area contributed by atoms with Gasteiger partial charge < -0.3 is 14.4 Å². The van der Waals surface area contributed by atoms with Gasteiger partial charge in [0, 0.05) is 32.4 Å². The van der Waals surface area contributed by atoms with Gasteiger partial charge in [-0.05, 0) is 84.1 Å². The number of hydrogen-bond donors (Lipinski definition) is 0. The number of piperidine rings is 1. The summed E-state index contributed by atoms with van der Waals surface area (Å²) in [6.45, 7) is 5.96. The van der Waals surface area contributed by atoms with E-state index in [1.54, 1.807) is 0 Å². The van der Waals surface area contributed by atoms with Crippen molar-refractivity contribution in [2.75, 3.05) is 20.1 Å². The topological polar surface area (TPSA) is 55.8 Å². The van der Waals surface area contributed by atoms with Crippen LogP contribution in [0.3, 0.4) is 0 Å². The smallest absolute Gasteiger partial charge is 0.306 e. The van der Waals surface area contributed by atoms with Crippen molar-refractivity contribution in [2.24, 2.45) is 0 Å². The van der Waals surface area contributed by atoms with Crippen molar-refractivity contribution in [3.63, 3.8) is 0 Å². The van der Waals surface area contributed by atoms with Gasteiger partial charge in [0.05, 0.1) is 0 Å². The number of allylic oxidation sites excluding steroid dienone is 8. The second-order valence-corrected chi connectivity index (χ2v) is 13.6. The molecule has 0 aromatic carbocycles. The molecule has 2 atom stereocenters. The third kappa shape index (κ3) is 27.5. The highest BCUT2D eigenvalue weighted by Crippen LogP contribution is 2.19. The fourth-order valence-electron chi connectivity index (χ4n) is 5.91. The minimum Gasteiger partial charge on any atom is -0.458 e. The van der Waals surface area contributed by atoms with Gasteiger partial charge >= 0.3 is 11.9 Å². The second kappa shape index (κ2) is 32.4. The lowest BCUT2D eigenvalue weighted by atomic mass is 10.0. The summed E-state index contributed by atoms with van der Waals surface area (Å²) in [5.74, 6) is -0.314. The molecular formula is C42H73NO4. The van der Waals surface area contributed by atoms with Gasteiger partial charge in [0.15, 0.2) is 6.10 Å². The number of carbonyl (C=O) groups excluding carboxylic acids is 2. The van der Waals surface area contributed by atoms with E-state index in [1.165, 1.54) is 77.0 Å². The molecule has 0 aliphatic carbocycles. The first kappa shape index (κ1) is 42.9. The maximum Gasteiger partial charge on any atom is 0.306 e. The van der Waals surface area contributed by atoms with Crippen molar-refractivity contribution in [3.8, 4) is 0 Å². The Hall–Kier alpha value is -2.14. The van der Waals surface area contributed by atoms with Crippen molar-refractivity contribution in [1.82, 2.24) is 4.90 Å². The lowest BCUT2D eigenvalue weighted by Crippen LogP contribution is -2.49. The third-order valence-electron chi connectivity index (χ3n) is 8.93. The van der Waals surface area contributed by atoms with Crippen molar-refractivity contribution in [1.29, 1.82) is 0 Å². The van der Waals surface area contributed by atoms with Gasteiger partial charge in [-0.1, -0.05) is 127 Å². The van der Waals surface area contributed by atoms with Gasteiger partial charge in [0.25, 0.3) is 0 Å². The van der Waals surface area contributed by atoms with E-state index in [-0.39, 0.29) is 24.1 Å². The van der Waals surface area contributed by atoms with E-state index >= 15 is 0 Å². The summed E-state index contributed by atoms with van der Waals surface area (Å²) in [6.07, 6.45) is 44.8. The summed E-state index contributed by atoms with van der Waals surface area (Å²) in [5, 5.41) is 0. The largest absolute Gasteiger partial charge is 0.458 e. The average Bonchev–Trinajstić information content (AvgIpc) is 3.06. The van der Waals surface area contributed by atoms with E-state index in [9.17, 15) is 9.59 Å². The van der Waals surface area contributed by atoms with Crippen molar-refractivity contribution >= 4 is 11.9 Å². The van der Waals surface area contributed by atoms with E-state index in [1.807, 2.05) is 7.05 Å². The first-order valence-electron chi connectivity index (χ1n) is 19.7. The van der Waals surface area contributed by atoms with Crippen molar-refractivity contribution in [2.45, 2.75) is 187 Å². The predicted octanol–water partition coefficient (Wildman–Crippen LogP) is 11.8. The molecular weight excluding hydrogens is 582 g/mol. The zero-order valence-corrected chi connectivity index (χ0v) is 30.9. The summed E-state index contributed by atoms with van der Waals surface area (Å²) < 4.78 is 11.7. The molecule has 1 saturated heterocycles. The van der Waals surface area contributed by atoms with Gasteiger partial charge in [-0.3, -0.25) is 9.59 Å². The Bertz CT molecular complexity index is 861. The third-order valence-corrected chi connectivity index (χ3v) is 8.93. The van der Waals surface area contributed by atoms with Crippen LogP contribution in [0.1, 0.15) is 174 Å². The fourth-order valence-corrected chi connectivity index (χ4v) is 5.91. The Balaban J connectivity index is 2.09. The Morgan fingerprint density at radius 1 is 0.532 bits per heavy atom. The van der Waals surface area contributed by atoms with Crippen LogP contribution in [0.4, 0.5) is 0 Å². The zero-order valence-electron chi connectivity index (χ0n) is 30.9. The van der Waals surface area contributed by atoms with Crippen LogP contribution in [0, 0.1) is 0 Å². The number of esters is 2. The van der Waals surface area contributed by atoms with Gasteiger partial charge in [0.2, 0.25) is 0 Å². The normalized spacial score (nSPS) is 17.5. The van der Waals surface area contributed by atoms with Crippen LogP contribution in [0.2, 0.25) is 0 Å². The molecule has 0 radical (unpaired) electrons. The van der Waals surface area contributed by atoms with E-state index in [4.69, 9.17) is 9.47 Å². The van der Waals surface area contributed by atoms with Crippen LogP contribution in [0.5, 0.6) is 0 Å². The molecule has 0 amide bonds. The van der Waals surface area contributed by atoms with Gasteiger partial charge in [0.1, 0.15) is 6.10 Å². The molecule has 0 aromatic rings. The standard InChI is InChI=1S/C42H73NO4/c1-4-6-8-10-12-14-16-18-20-22-24-26-28-30-32-34-41(44)46-39-36-37-43(3)38-40(39)47-42(45)35-33-31-29-27-25-23-21-19-17-15-13-11-9-7-5-2/h12-15,18-21,39-40H,4-11,16-17,22-38H2,1-3H3/b14-12-,15-13-,20-18-,21-19-/t39-,40-/m0/s1. The quantitative estimate of drug-likeness (QED) is 0.0438. The van der Waals surface area contributed by atoms with Crippen LogP contribution in [0.15, 0.2) is 48.6 Å². The van der Waals surface area contributed by atoms with Crippen LogP contribution in [-0.4, -0.2) is 49.2 Å². The lowest BCUT2D eigenvalue weighted by molar-refractivity contribution is -0.174. The molecule has 1 heterocycles. The fraction of sp³-hybridized carbons (Fsp3) is 0.762. The van der Waals surface area contributed by atoms with Crippen LogP contribution in [-0.2, 0) is 19.1 Å². The Morgan fingerprint density at radius 3 is 1.36 bits per heavy atom. The van der Waals surface area contributed by atoms with Gasteiger partial charge in [-0.15, -0.1) is 0 Å². The molecule has 0 N–H and O–H groups in total. The predicted molar refractivity (Wildman–Crippen MR) is 201 cm³/mol. The first-order valence-corrected chi connectivity index (χ1v) is 19.7.